The lowest BCUT2D eigenvalue weighted by Crippen LogP contribution is -2.11. The van der Waals surface area contributed by atoms with Gasteiger partial charge < -0.3 is 10.1 Å². The third-order valence-electron chi connectivity index (χ3n) is 2.88. The van der Waals surface area contributed by atoms with Crippen molar-refractivity contribution in [3.05, 3.63) is 45.2 Å². The highest BCUT2D eigenvalue weighted by molar-refractivity contribution is 6.32. The molecule has 2 rings (SSSR count). The molecule has 0 fully saturated rings. The predicted octanol–water partition coefficient (Wildman–Crippen LogP) is 3.30. The van der Waals surface area contributed by atoms with E-state index >= 15 is 0 Å². The Bertz CT molecular complexity index is 756. The van der Waals surface area contributed by atoms with Crippen LogP contribution < -0.4 is 15.6 Å². The van der Waals surface area contributed by atoms with Gasteiger partial charge in [-0.15, -0.1) is 5.10 Å². The first-order chi connectivity index (χ1) is 10.4. The van der Waals surface area contributed by atoms with Gasteiger partial charge in [-0.3, -0.25) is 9.59 Å². The second kappa shape index (κ2) is 6.62. The Kier molecular flexibility index (Phi) is 4.82. The van der Waals surface area contributed by atoms with Crippen LogP contribution in [0.5, 0.6) is 11.6 Å². The zero-order valence-corrected chi connectivity index (χ0v) is 13.2. The quantitative estimate of drug-likeness (QED) is 0.905. The number of nitrogens with zero attached hydrogens (tertiary/aromatic N) is 1. The first kappa shape index (κ1) is 16.0. The van der Waals surface area contributed by atoms with Crippen LogP contribution in [0, 0.1) is 0 Å². The van der Waals surface area contributed by atoms with Crippen LogP contribution >= 0.6 is 11.6 Å². The van der Waals surface area contributed by atoms with Gasteiger partial charge in [-0.25, -0.2) is 5.10 Å². The summed E-state index contributed by atoms with van der Waals surface area (Å²) in [5.74, 6) is 0.567. The number of rotatable bonds is 4. The largest absolute Gasteiger partial charge is 0.436 e. The van der Waals surface area contributed by atoms with Gasteiger partial charge in [0.05, 0.1) is 5.02 Å². The van der Waals surface area contributed by atoms with Gasteiger partial charge in [-0.05, 0) is 24.1 Å². The van der Waals surface area contributed by atoms with Crippen molar-refractivity contribution in [3.63, 3.8) is 0 Å². The number of hydrogen-bond acceptors (Lipinski definition) is 4. The second-order valence-corrected chi connectivity index (χ2v) is 5.48. The molecular formula is C15H16ClN3O3. The van der Waals surface area contributed by atoms with E-state index in [0.717, 1.165) is 0 Å². The molecule has 0 aliphatic carbocycles. The van der Waals surface area contributed by atoms with Gasteiger partial charge in [0.25, 0.3) is 5.56 Å². The number of carbonyl (C=O) groups is 1. The molecule has 0 spiro atoms. The van der Waals surface area contributed by atoms with Crippen LogP contribution in [0.4, 0.5) is 5.69 Å². The fourth-order valence-electron chi connectivity index (χ4n) is 1.87. The topological polar surface area (TPSA) is 84.1 Å². The van der Waals surface area contributed by atoms with Gasteiger partial charge in [0.1, 0.15) is 5.75 Å². The zero-order chi connectivity index (χ0) is 16.3. The maximum atomic E-state index is 11.4. The number of aromatic amines is 1. The molecule has 1 amide bonds. The number of halogens is 1. The summed E-state index contributed by atoms with van der Waals surface area (Å²) in [5.41, 5.74) is 0.970. The van der Waals surface area contributed by atoms with Crippen LogP contribution in [0.15, 0.2) is 29.1 Å². The van der Waals surface area contributed by atoms with Crippen LogP contribution in [0.1, 0.15) is 32.3 Å². The molecule has 0 saturated carbocycles. The minimum Gasteiger partial charge on any atom is -0.436 e. The van der Waals surface area contributed by atoms with Gasteiger partial charge in [-0.1, -0.05) is 25.4 Å². The van der Waals surface area contributed by atoms with Crippen LogP contribution in [-0.4, -0.2) is 16.1 Å². The molecule has 6 nitrogen and oxygen atoms in total. The molecule has 0 unspecified atom stereocenters. The molecule has 1 aromatic heterocycles. The summed E-state index contributed by atoms with van der Waals surface area (Å²) in [5, 5.41) is 9.22. The molecule has 2 aromatic rings. The van der Waals surface area contributed by atoms with E-state index in [1.165, 1.54) is 13.0 Å². The van der Waals surface area contributed by atoms with Crippen molar-refractivity contribution in [2.75, 3.05) is 5.32 Å². The fourth-order valence-corrected chi connectivity index (χ4v) is 2.09. The Hall–Kier alpha value is -2.34. The highest BCUT2D eigenvalue weighted by Gasteiger charge is 2.13. The molecule has 0 aliphatic heterocycles. The molecular weight excluding hydrogens is 306 g/mol. The lowest BCUT2D eigenvalue weighted by Gasteiger charge is -2.13. The summed E-state index contributed by atoms with van der Waals surface area (Å²) in [6.07, 6.45) is 0. The van der Waals surface area contributed by atoms with Gasteiger partial charge >= 0.3 is 0 Å². The van der Waals surface area contributed by atoms with Crippen molar-refractivity contribution < 1.29 is 9.53 Å². The van der Waals surface area contributed by atoms with Crippen molar-refractivity contribution >= 4 is 23.2 Å². The van der Waals surface area contributed by atoms with E-state index in [4.69, 9.17) is 16.3 Å². The Morgan fingerprint density at radius 2 is 2.09 bits per heavy atom. The van der Waals surface area contributed by atoms with E-state index in [2.05, 4.69) is 15.5 Å². The smallest absolute Gasteiger partial charge is 0.264 e. The lowest BCUT2D eigenvalue weighted by molar-refractivity contribution is -0.114. The molecule has 0 aliphatic rings. The summed E-state index contributed by atoms with van der Waals surface area (Å²) >= 11 is 6.15. The van der Waals surface area contributed by atoms with Gasteiger partial charge in [0, 0.05) is 24.2 Å². The standard InChI is InChI=1S/C15H16ClN3O3/c1-8(2)11-7-14(21)18-19-15(11)22-13-5-4-10(6-12(13)16)17-9(3)20/h4-8H,1-3H3,(H,17,20)(H,18,21). The molecule has 1 aromatic carbocycles. The Morgan fingerprint density at radius 1 is 1.36 bits per heavy atom. The van der Waals surface area contributed by atoms with E-state index in [9.17, 15) is 9.59 Å². The number of benzene rings is 1. The third-order valence-corrected chi connectivity index (χ3v) is 3.18. The van der Waals surface area contributed by atoms with Crippen LogP contribution in [-0.2, 0) is 4.79 Å². The van der Waals surface area contributed by atoms with Crippen molar-refractivity contribution in [1.82, 2.24) is 10.2 Å². The second-order valence-electron chi connectivity index (χ2n) is 5.08. The number of amides is 1. The molecule has 0 atom stereocenters. The number of hydrogen-bond donors (Lipinski definition) is 2. The summed E-state index contributed by atoms with van der Waals surface area (Å²) in [6, 6.07) is 6.33. The van der Waals surface area contributed by atoms with Gasteiger partial charge in [0.2, 0.25) is 11.8 Å². The highest BCUT2D eigenvalue weighted by atomic mass is 35.5. The number of H-pyrrole nitrogens is 1. The Morgan fingerprint density at radius 3 is 2.68 bits per heavy atom. The average Bonchev–Trinajstić information content (AvgIpc) is 2.42. The third kappa shape index (κ3) is 3.85. The zero-order valence-electron chi connectivity index (χ0n) is 12.4. The van der Waals surface area contributed by atoms with Gasteiger partial charge in [-0.2, -0.15) is 0 Å². The van der Waals surface area contributed by atoms with E-state index in [1.54, 1.807) is 18.2 Å². The Labute approximate surface area is 132 Å². The number of ether oxygens (including phenoxy) is 1. The number of carbonyl (C=O) groups excluding carboxylic acids is 1. The van der Waals surface area contributed by atoms with E-state index in [0.29, 0.717) is 27.9 Å². The van der Waals surface area contributed by atoms with E-state index in [-0.39, 0.29) is 17.4 Å². The molecule has 0 radical (unpaired) electrons. The van der Waals surface area contributed by atoms with Gasteiger partial charge in [0.15, 0.2) is 0 Å². The molecule has 116 valence electrons. The summed E-state index contributed by atoms with van der Waals surface area (Å²) in [7, 11) is 0. The summed E-state index contributed by atoms with van der Waals surface area (Å²) < 4.78 is 5.69. The number of anilines is 1. The maximum absolute atomic E-state index is 11.4. The normalized spacial score (nSPS) is 10.6. The summed E-state index contributed by atoms with van der Waals surface area (Å²) in [4.78, 5) is 22.4. The Balaban J connectivity index is 2.31. The first-order valence-electron chi connectivity index (χ1n) is 6.71. The molecule has 2 N–H and O–H groups in total. The van der Waals surface area contributed by atoms with E-state index in [1.807, 2.05) is 13.8 Å². The maximum Gasteiger partial charge on any atom is 0.264 e. The minimum atomic E-state index is -0.289. The van der Waals surface area contributed by atoms with Crippen LogP contribution in [0.2, 0.25) is 5.02 Å². The molecule has 7 heteroatoms. The van der Waals surface area contributed by atoms with Crippen molar-refractivity contribution in [1.29, 1.82) is 0 Å². The SMILES string of the molecule is CC(=O)Nc1ccc(Oc2n[nH]c(=O)cc2C(C)C)c(Cl)c1. The fraction of sp³-hybridized carbons (Fsp3) is 0.267. The van der Waals surface area contributed by atoms with E-state index < -0.39 is 0 Å². The van der Waals surface area contributed by atoms with Crippen molar-refractivity contribution in [2.24, 2.45) is 0 Å². The first-order valence-corrected chi connectivity index (χ1v) is 7.09. The average molecular weight is 322 g/mol. The molecule has 22 heavy (non-hydrogen) atoms. The van der Waals surface area contributed by atoms with Crippen LogP contribution in [0.3, 0.4) is 0 Å². The van der Waals surface area contributed by atoms with Crippen molar-refractivity contribution in [3.8, 4) is 11.6 Å². The lowest BCUT2D eigenvalue weighted by atomic mass is 10.1. The molecule has 0 saturated heterocycles. The van der Waals surface area contributed by atoms with Crippen molar-refractivity contribution in [2.45, 2.75) is 26.7 Å². The predicted molar refractivity (Wildman–Crippen MR) is 84.8 cm³/mol. The number of aromatic nitrogens is 2. The monoisotopic (exact) mass is 321 g/mol. The summed E-state index contributed by atoms with van der Waals surface area (Å²) in [6.45, 7) is 5.28. The molecule has 0 bridgehead atoms. The minimum absolute atomic E-state index is 0.0715. The molecule has 1 heterocycles. The highest BCUT2D eigenvalue weighted by Crippen LogP contribution is 2.33. The number of nitrogens with one attached hydrogen (secondary N) is 2. The van der Waals surface area contributed by atoms with Crippen LogP contribution in [0.25, 0.3) is 0 Å².